The maximum atomic E-state index is 11.8. The summed E-state index contributed by atoms with van der Waals surface area (Å²) in [5.74, 6) is 0.379. The van der Waals surface area contributed by atoms with Crippen LogP contribution >= 0.6 is 23.2 Å². The van der Waals surface area contributed by atoms with E-state index in [1.165, 1.54) is 18.2 Å². The number of rotatable bonds is 5. The average molecular weight is 293 g/mol. The second-order valence-electron chi connectivity index (χ2n) is 3.20. The maximum absolute atomic E-state index is 11.8. The van der Waals surface area contributed by atoms with Gasteiger partial charge in [-0.15, -0.1) is 11.6 Å². The highest BCUT2D eigenvalue weighted by molar-refractivity contribution is 7.89. The summed E-state index contributed by atoms with van der Waals surface area (Å²) in [5.41, 5.74) is 0.315. The molecule has 1 N–H and O–H groups in total. The highest BCUT2D eigenvalue weighted by Gasteiger charge is 2.17. The van der Waals surface area contributed by atoms with Crippen LogP contribution in [0, 0.1) is 11.3 Å². The zero-order chi connectivity index (χ0) is 12.9. The van der Waals surface area contributed by atoms with E-state index in [0.717, 1.165) is 0 Å². The molecule has 0 aliphatic carbocycles. The van der Waals surface area contributed by atoms with Gasteiger partial charge < -0.3 is 0 Å². The van der Waals surface area contributed by atoms with Gasteiger partial charge in [0.25, 0.3) is 0 Å². The molecular weight excluding hydrogens is 283 g/mol. The topological polar surface area (TPSA) is 70.0 Å². The third-order valence-corrected chi connectivity index (χ3v) is 4.16. The monoisotopic (exact) mass is 292 g/mol. The minimum atomic E-state index is -3.64. The summed E-state index contributed by atoms with van der Waals surface area (Å²) in [6.07, 6.45) is 0.536. The third-order valence-electron chi connectivity index (χ3n) is 1.95. The molecule has 0 bridgehead atoms. The van der Waals surface area contributed by atoms with Crippen LogP contribution in [0.15, 0.2) is 23.1 Å². The Kier molecular flexibility index (Phi) is 5.22. The molecule has 0 aromatic heterocycles. The van der Waals surface area contributed by atoms with E-state index in [1.807, 2.05) is 6.07 Å². The molecule has 17 heavy (non-hydrogen) atoms. The van der Waals surface area contributed by atoms with Crippen LogP contribution in [0.2, 0.25) is 5.02 Å². The van der Waals surface area contributed by atoms with Crippen LogP contribution in [0.5, 0.6) is 0 Å². The minimum Gasteiger partial charge on any atom is -0.211 e. The van der Waals surface area contributed by atoms with Gasteiger partial charge in [0.2, 0.25) is 10.0 Å². The van der Waals surface area contributed by atoms with Crippen molar-refractivity contribution in [2.75, 3.05) is 12.4 Å². The summed E-state index contributed by atoms with van der Waals surface area (Å²) < 4.78 is 26.0. The van der Waals surface area contributed by atoms with Crippen molar-refractivity contribution in [3.05, 3.63) is 28.8 Å². The molecule has 0 saturated carbocycles. The Morgan fingerprint density at radius 1 is 1.41 bits per heavy atom. The van der Waals surface area contributed by atoms with Crippen molar-refractivity contribution < 1.29 is 8.42 Å². The molecule has 0 fully saturated rings. The van der Waals surface area contributed by atoms with Gasteiger partial charge in [-0.2, -0.15) is 5.26 Å². The van der Waals surface area contributed by atoms with E-state index in [1.54, 1.807) is 0 Å². The number of sulfonamides is 1. The fraction of sp³-hybridized carbons (Fsp3) is 0.300. The van der Waals surface area contributed by atoms with E-state index in [2.05, 4.69) is 4.72 Å². The van der Waals surface area contributed by atoms with E-state index in [9.17, 15) is 8.42 Å². The number of halogens is 2. The first-order valence-electron chi connectivity index (χ1n) is 4.76. The van der Waals surface area contributed by atoms with Crippen LogP contribution < -0.4 is 4.72 Å². The van der Waals surface area contributed by atoms with Gasteiger partial charge in [-0.1, -0.05) is 11.6 Å². The smallest absolute Gasteiger partial charge is 0.211 e. The molecule has 0 amide bonds. The molecule has 0 aliphatic rings. The fourth-order valence-electron chi connectivity index (χ4n) is 1.14. The summed E-state index contributed by atoms with van der Waals surface area (Å²) >= 11 is 11.3. The zero-order valence-corrected chi connectivity index (χ0v) is 11.1. The third kappa shape index (κ3) is 3.86. The van der Waals surface area contributed by atoms with Gasteiger partial charge in [0.05, 0.1) is 16.7 Å². The first kappa shape index (κ1) is 14.3. The Bertz CT molecular complexity index is 538. The first-order chi connectivity index (χ1) is 8.01. The maximum Gasteiger partial charge on any atom is 0.242 e. The van der Waals surface area contributed by atoms with Crippen LogP contribution in [0.25, 0.3) is 0 Å². The molecule has 1 rings (SSSR count). The quantitative estimate of drug-likeness (QED) is 0.667. The first-order valence-corrected chi connectivity index (χ1v) is 7.16. The average Bonchev–Trinajstić information content (AvgIpc) is 2.28. The molecule has 0 unspecified atom stereocenters. The Labute approximate surface area is 110 Å². The number of alkyl halides is 1. The van der Waals surface area contributed by atoms with Crippen molar-refractivity contribution in [2.45, 2.75) is 11.3 Å². The van der Waals surface area contributed by atoms with Crippen LogP contribution in [0.1, 0.15) is 12.0 Å². The van der Waals surface area contributed by atoms with Crippen LogP contribution in [-0.4, -0.2) is 20.8 Å². The molecule has 1 aromatic rings. The molecule has 0 spiro atoms. The Morgan fingerprint density at radius 2 is 2.12 bits per heavy atom. The highest BCUT2D eigenvalue weighted by Crippen LogP contribution is 2.22. The lowest BCUT2D eigenvalue weighted by atomic mass is 10.2. The number of nitriles is 1. The molecule has 0 atom stereocenters. The van der Waals surface area contributed by atoms with E-state index in [0.29, 0.717) is 17.9 Å². The van der Waals surface area contributed by atoms with Gasteiger partial charge >= 0.3 is 0 Å². The van der Waals surface area contributed by atoms with Crippen LogP contribution in [0.4, 0.5) is 0 Å². The lowest BCUT2D eigenvalue weighted by molar-refractivity contribution is 0.581. The molecule has 0 radical (unpaired) electrons. The van der Waals surface area contributed by atoms with Gasteiger partial charge in [-0.05, 0) is 24.6 Å². The van der Waals surface area contributed by atoms with Gasteiger partial charge in [-0.3, -0.25) is 0 Å². The zero-order valence-electron chi connectivity index (χ0n) is 8.78. The molecule has 7 heteroatoms. The van der Waals surface area contributed by atoms with E-state index in [-0.39, 0.29) is 16.5 Å². The van der Waals surface area contributed by atoms with Gasteiger partial charge in [0, 0.05) is 12.4 Å². The van der Waals surface area contributed by atoms with E-state index < -0.39 is 10.0 Å². The summed E-state index contributed by atoms with van der Waals surface area (Å²) in [6, 6.07) is 5.91. The predicted octanol–water partition coefficient (Wildman–Crippen LogP) is 2.12. The molecular formula is C10H10Cl2N2O2S. The lowest BCUT2D eigenvalue weighted by Gasteiger charge is -2.07. The predicted molar refractivity (Wildman–Crippen MR) is 66.7 cm³/mol. The SMILES string of the molecule is N#Cc1ccc(S(=O)(=O)NCCCCl)c(Cl)c1. The van der Waals surface area contributed by atoms with Crippen LogP contribution in [0.3, 0.4) is 0 Å². The molecule has 0 heterocycles. The lowest BCUT2D eigenvalue weighted by Crippen LogP contribution is -2.25. The number of nitrogens with one attached hydrogen (secondary N) is 1. The molecule has 4 nitrogen and oxygen atoms in total. The minimum absolute atomic E-state index is 0.0300. The molecule has 1 aromatic carbocycles. The van der Waals surface area contributed by atoms with Crippen molar-refractivity contribution in [2.24, 2.45) is 0 Å². The normalized spacial score (nSPS) is 11.1. The van der Waals surface area contributed by atoms with E-state index in [4.69, 9.17) is 28.5 Å². The highest BCUT2D eigenvalue weighted by atomic mass is 35.5. The van der Waals surface area contributed by atoms with Crippen molar-refractivity contribution in [1.82, 2.24) is 4.72 Å². The van der Waals surface area contributed by atoms with Crippen molar-refractivity contribution >= 4 is 33.2 Å². The van der Waals surface area contributed by atoms with Crippen molar-refractivity contribution in [3.8, 4) is 6.07 Å². The Balaban J connectivity index is 2.96. The second kappa shape index (κ2) is 6.22. The molecule has 0 saturated heterocycles. The summed E-state index contributed by atoms with van der Waals surface area (Å²) in [6.45, 7) is 0.252. The van der Waals surface area contributed by atoms with Crippen molar-refractivity contribution in [3.63, 3.8) is 0 Å². The Hall–Kier alpha value is -0.800. The van der Waals surface area contributed by atoms with Crippen molar-refractivity contribution in [1.29, 1.82) is 5.26 Å². The second-order valence-corrected chi connectivity index (χ2v) is 5.72. The number of hydrogen-bond acceptors (Lipinski definition) is 3. The molecule has 92 valence electrons. The molecule has 0 aliphatic heterocycles. The standard InChI is InChI=1S/C10H10Cl2N2O2S/c11-4-1-5-14-17(15,16)10-3-2-8(7-13)6-9(10)12/h2-3,6,14H,1,4-5H2. The number of nitrogens with zero attached hydrogens (tertiary/aromatic N) is 1. The van der Waals surface area contributed by atoms with Gasteiger partial charge in [-0.25, -0.2) is 13.1 Å². The fourth-order valence-corrected chi connectivity index (χ4v) is 2.89. The number of benzene rings is 1. The van der Waals surface area contributed by atoms with Gasteiger partial charge in [0.15, 0.2) is 0 Å². The largest absolute Gasteiger partial charge is 0.242 e. The Morgan fingerprint density at radius 3 is 2.65 bits per heavy atom. The summed E-state index contributed by atoms with van der Waals surface area (Å²) in [7, 11) is -3.64. The summed E-state index contributed by atoms with van der Waals surface area (Å²) in [5, 5.41) is 8.67. The summed E-state index contributed by atoms with van der Waals surface area (Å²) in [4.78, 5) is -0.0345. The van der Waals surface area contributed by atoms with Crippen LogP contribution in [-0.2, 0) is 10.0 Å². The van der Waals surface area contributed by atoms with Gasteiger partial charge in [0.1, 0.15) is 4.90 Å². The van der Waals surface area contributed by atoms with E-state index >= 15 is 0 Å². The number of hydrogen-bond donors (Lipinski definition) is 1.